The summed E-state index contributed by atoms with van der Waals surface area (Å²) in [6, 6.07) is 17.7. The number of hydrogen-bond acceptors (Lipinski definition) is 4. The van der Waals surface area contributed by atoms with Crippen molar-refractivity contribution in [2.45, 2.75) is 27.3 Å². The number of carbonyl (C=O) groups excluding carboxylic acids is 1. The summed E-state index contributed by atoms with van der Waals surface area (Å²) in [7, 11) is 1.92. The Bertz CT molecular complexity index is 954. The molecule has 1 N–H and O–H groups in total. The highest BCUT2D eigenvalue weighted by Crippen LogP contribution is 2.17. The summed E-state index contributed by atoms with van der Waals surface area (Å²) in [6.07, 6.45) is 0. The number of aromatic nitrogens is 2. The molecule has 138 valence electrons. The van der Waals surface area contributed by atoms with Gasteiger partial charge in [-0.15, -0.1) is 0 Å². The maximum atomic E-state index is 12.7. The van der Waals surface area contributed by atoms with E-state index in [2.05, 4.69) is 27.4 Å². The number of hydrogen-bond donors (Lipinski definition) is 1. The van der Waals surface area contributed by atoms with Crippen molar-refractivity contribution in [3.63, 3.8) is 0 Å². The maximum Gasteiger partial charge on any atom is 0.274 e. The van der Waals surface area contributed by atoms with Crippen LogP contribution in [0.15, 0.2) is 54.6 Å². The summed E-state index contributed by atoms with van der Waals surface area (Å²) in [4.78, 5) is 23.6. The second kappa shape index (κ2) is 7.99. The standard InChI is InChI=1S/C22H24N4O/c1-15-10-11-19(12-16(15)2)24-21(27)20-13-17(3)23-22(25-20)26(4)14-18-8-6-5-7-9-18/h5-13H,14H2,1-4H3,(H,24,27). The average Bonchev–Trinajstić information content (AvgIpc) is 2.65. The van der Waals surface area contributed by atoms with Gasteiger partial charge in [-0.2, -0.15) is 0 Å². The van der Waals surface area contributed by atoms with E-state index in [4.69, 9.17) is 0 Å². The zero-order valence-electron chi connectivity index (χ0n) is 16.2. The highest BCUT2D eigenvalue weighted by Gasteiger charge is 2.14. The molecule has 5 nitrogen and oxygen atoms in total. The zero-order chi connectivity index (χ0) is 19.4. The molecule has 1 amide bonds. The molecular weight excluding hydrogens is 336 g/mol. The fourth-order valence-electron chi connectivity index (χ4n) is 2.78. The van der Waals surface area contributed by atoms with Gasteiger partial charge in [-0.1, -0.05) is 36.4 Å². The molecule has 27 heavy (non-hydrogen) atoms. The molecule has 0 bridgehead atoms. The molecule has 1 aromatic heterocycles. The lowest BCUT2D eigenvalue weighted by Gasteiger charge is -2.18. The van der Waals surface area contributed by atoms with Crippen molar-refractivity contribution < 1.29 is 4.79 Å². The number of benzene rings is 2. The molecule has 5 heteroatoms. The van der Waals surface area contributed by atoms with Gasteiger partial charge < -0.3 is 10.2 Å². The number of aryl methyl sites for hydroxylation is 3. The van der Waals surface area contributed by atoms with Crippen molar-refractivity contribution in [3.05, 3.63) is 82.7 Å². The minimum Gasteiger partial charge on any atom is -0.340 e. The molecule has 0 unspecified atom stereocenters. The Kier molecular flexibility index (Phi) is 5.50. The van der Waals surface area contributed by atoms with Gasteiger partial charge in [0.2, 0.25) is 5.95 Å². The third-order valence-corrected chi connectivity index (χ3v) is 4.44. The first-order chi connectivity index (χ1) is 12.9. The monoisotopic (exact) mass is 360 g/mol. The predicted molar refractivity (Wildman–Crippen MR) is 109 cm³/mol. The minimum absolute atomic E-state index is 0.238. The maximum absolute atomic E-state index is 12.7. The van der Waals surface area contributed by atoms with E-state index in [1.54, 1.807) is 6.07 Å². The molecule has 0 aliphatic heterocycles. The van der Waals surface area contributed by atoms with Crippen LogP contribution in [-0.4, -0.2) is 22.9 Å². The number of anilines is 2. The molecule has 1 heterocycles. The van der Waals surface area contributed by atoms with E-state index in [1.165, 1.54) is 5.56 Å². The second-order valence-corrected chi connectivity index (χ2v) is 6.79. The lowest BCUT2D eigenvalue weighted by Crippen LogP contribution is -2.22. The number of amides is 1. The minimum atomic E-state index is -0.238. The smallest absolute Gasteiger partial charge is 0.274 e. The van der Waals surface area contributed by atoms with Gasteiger partial charge in [0, 0.05) is 25.0 Å². The van der Waals surface area contributed by atoms with Crippen LogP contribution >= 0.6 is 0 Å². The molecule has 2 aromatic carbocycles. The Balaban J connectivity index is 1.79. The molecule has 3 rings (SSSR count). The van der Waals surface area contributed by atoms with Crippen LogP contribution in [0.1, 0.15) is 32.9 Å². The van der Waals surface area contributed by atoms with E-state index in [9.17, 15) is 4.79 Å². The fourth-order valence-corrected chi connectivity index (χ4v) is 2.78. The van der Waals surface area contributed by atoms with E-state index in [-0.39, 0.29) is 5.91 Å². The largest absolute Gasteiger partial charge is 0.340 e. The van der Waals surface area contributed by atoms with E-state index < -0.39 is 0 Å². The predicted octanol–water partition coefficient (Wildman–Crippen LogP) is 4.29. The second-order valence-electron chi connectivity index (χ2n) is 6.79. The van der Waals surface area contributed by atoms with E-state index in [1.807, 2.05) is 69.1 Å². The van der Waals surface area contributed by atoms with Crippen LogP contribution in [0.5, 0.6) is 0 Å². The summed E-state index contributed by atoms with van der Waals surface area (Å²) < 4.78 is 0. The van der Waals surface area contributed by atoms with E-state index in [0.29, 0.717) is 18.2 Å². The Hall–Kier alpha value is -3.21. The Morgan fingerprint density at radius 1 is 0.963 bits per heavy atom. The normalized spacial score (nSPS) is 10.5. The van der Waals surface area contributed by atoms with Crippen molar-refractivity contribution in [2.24, 2.45) is 0 Å². The molecule has 0 aliphatic carbocycles. The average molecular weight is 360 g/mol. The van der Waals surface area contributed by atoms with Gasteiger partial charge in [-0.05, 0) is 55.7 Å². The Labute approximate surface area is 160 Å². The highest BCUT2D eigenvalue weighted by atomic mass is 16.1. The van der Waals surface area contributed by atoms with Gasteiger partial charge in [0.1, 0.15) is 5.69 Å². The summed E-state index contributed by atoms with van der Waals surface area (Å²) in [5, 5.41) is 2.92. The quantitative estimate of drug-likeness (QED) is 0.737. The van der Waals surface area contributed by atoms with Gasteiger partial charge in [-0.3, -0.25) is 4.79 Å². The summed E-state index contributed by atoms with van der Waals surface area (Å²) >= 11 is 0. The topological polar surface area (TPSA) is 58.1 Å². The molecule has 0 saturated heterocycles. The van der Waals surface area contributed by atoms with Gasteiger partial charge in [0.05, 0.1) is 0 Å². The summed E-state index contributed by atoms with van der Waals surface area (Å²) in [5.41, 5.74) is 5.36. The Morgan fingerprint density at radius 3 is 2.41 bits per heavy atom. The van der Waals surface area contributed by atoms with Crippen LogP contribution in [0, 0.1) is 20.8 Å². The van der Waals surface area contributed by atoms with Crippen LogP contribution in [0.25, 0.3) is 0 Å². The van der Waals surface area contributed by atoms with E-state index >= 15 is 0 Å². The van der Waals surface area contributed by atoms with Crippen molar-refractivity contribution in [2.75, 3.05) is 17.3 Å². The SMILES string of the molecule is Cc1cc(C(=O)Nc2ccc(C)c(C)c2)nc(N(C)Cc2ccccc2)n1. The van der Waals surface area contributed by atoms with Crippen molar-refractivity contribution >= 4 is 17.5 Å². The van der Waals surface area contributed by atoms with Crippen LogP contribution < -0.4 is 10.2 Å². The zero-order valence-corrected chi connectivity index (χ0v) is 16.2. The van der Waals surface area contributed by atoms with Crippen LogP contribution in [0.4, 0.5) is 11.6 Å². The third-order valence-electron chi connectivity index (χ3n) is 4.44. The molecule has 0 atom stereocenters. The third kappa shape index (κ3) is 4.70. The Morgan fingerprint density at radius 2 is 1.70 bits per heavy atom. The summed E-state index contributed by atoms with van der Waals surface area (Å²) in [6.45, 7) is 6.61. The van der Waals surface area contributed by atoms with E-state index in [0.717, 1.165) is 22.5 Å². The molecule has 0 spiro atoms. The number of nitrogens with zero attached hydrogens (tertiary/aromatic N) is 3. The molecule has 0 radical (unpaired) electrons. The van der Waals surface area contributed by atoms with Gasteiger partial charge >= 0.3 is 0 Å². The lowest BCUT2D eigenvalue weighted by molar-refractivity contribution is 0.102. The van der Waals surface area contributed by atoms with Gasteiger partial charge in [0.15, 0.2) is 0 Å². The van der Waals surface area contributed by atoms with Crippen LogP contribution in [0.3, 0.4) is 0 Å². The van der Waals surface area contributed by atoms with Gasteiger partial charge in [0.25, 0.3) is 5.91 Å². The molecule has 3 aromatic rings. The van der Waals surface area contributed by atoms with Crippen LogP contribution in [0.2, 0.25) is 0 Å². The molecular formula is C22H24N4O. The van der Waals surface area contributed by atoms with Gasteiger partial charge in [-0.25, -0.2) is 9.97 Å². The fraction of sp³-hybridized carbons (Fsp3) is 0.227. The first kappa shape index (κ1) is 18.6. The van der Waals surface area contributed by atoms with Crippen molar-refractivity contribution in [3.8, 4) is 0 Å². The van der Waals surface area contributed by atoms with Crippen LogP contribution in [-0.2, 0) is 6.54 Å². The summed E-state index contributed by atoms with van der Waals surface area (Å²) in [5.74, 6) is 0.294. The lowest BCUT2D eigenvalue weighted by atomic mass is 10.1. The number of nitrogens with one attached hydrogen (secondary N) is 1. The van der Waals surface area contributed by atoms with Crippen molar-refractivity contribution in [1.29, 1.82) is 0 Å². The van der Waals surface area contributed by atoms with Crippen molar-refractivity contribution in [1.82, 2.24) is 9.97 Å². The molecule has 0 aliphatic rings. The first-order valence-corrected chi connectivity index (χ1v) is 8.92. The first-order valence-electron chi connectivity index (χ1n) is 8.92. The number of carbonyl (C=O) groups is 1. The molecule has 0 saturated carbocycles. The number of rotatable bonds is 5. The highest BCUT2D eigenvalue weighted by molar-refractivity contribution is 6.03. The molecule has 0 fully saturated rings.